The Morgan fingerprint density at radius 2 is 1.86 bits per heavy atom. The number of aryl methyl sites for hydroxylation is 1. The zero-order valence-corrected chi connectivity index (χ0v) is 21.6. The molecule has 0 aliphatic carbocycles. The van der Waals surface area contributed by atoms with Crippen LogP contribution in [0, 0.1) is 6.92 Å². The van der Waals surface area contributed by atoms with Gasteiger partial charge in [-0.1, -0.05) is 13.8 Å². The van der Waals surface area contributed by atoms with Crippen LogP contribution in [0.25, 0.3) is 33.6 Å². The fraction of sp³-hybridized carbons (Fsp3) is 0.429. The minimum atomic E-state index is -0.308. The van der Waals surface area contributed by atoms with Gasteiger partial charge in [0.25, 0.3) is 0 Å². The molecule has 1 aliphatic heterocycles. The van der Waals surface area contributed by atoms with Crippen LogP contribution >= 0.6 is 0 Å². The lowest BCUT2D eigenvalue weighted by atomic mass is 9.95. The Kier molecular flexibility index (Phi) is 6.62. The number of H-pyrrole nitrogens is 1. The monoisotopic (exact) mass is 486 g/mol. The zero-order valence-electron chi connectivity index (χ0n) is 21.6. The third-order valence-electron chi connectivity index (χ3n) is 7.06. The van der Waals surface area contributed by atoms with E-state index in [0.717, 1.165) is 59.3 Å². The van der Waals surface area contributed by atoms with Crippen LogP contribution in [0.2, 0.25) is 0 Å². The largest absolute Gasteiger partial charge is 0.412 e. The van der Waals surface area contributed by atoms with Crippen LogP contribution in [0.1, 0.15) is 68.4 Å². The molecule has 1 amide bonds. The van der Waals surface area contributed by atoms with Crippen molar-refractivity contribution < 1.29 is 9.21 Å². The zero-order chi connectivity index (χ0) is 25.4. The maximum absolute atomic E-state index is 12.8. The number of carbonyl (C=O) groups excluding carboxylic acids is 1. The molecule has 0 unspecified atom stereocenters. The number of amides is 1. The number of likely N-dealkylation sites (tertiary alicyclic amines) is 1. The van der Waals surface area contributed by atoms with Crippen LogP contribution in [-0.2, 0) is 0 Å². The van der Waals surface area contributed by atoms with Crippen molar-refractivity contribution in [2.45, 2.75) is 65.5 Å². The van der Waals surface area contributed by atoms with E-state index in [1.807, 2.05) is 31.3 Å². The van der Waals surface area contributed by atoms with Crippen molar-refractivity contribution in [3.63, 3.8) is 0 Å². The van der Waals surface area contributed by atoms with Crippen LogP contribution in [0.3, 0.4) is 0 Å². The third kappa shape index (κ3) is 4.78. The topological polar surface area (TPSA) is 99.9 Å². The van der Waals surface area contributed by atoms with Gasteiger partial charge in [-0.05, 0) is 75.4 Å². The van der Waals surface area contributed by atoms with Crippen LogP contribution in [-0.4, -0.2) is 56.1 Å². The average Bonchev–Trinajstić information content (AvgIpc) is 3.49. The highest BCUT2D eigenvalue weighted by atomic mass is 16.4. The molecule has 4 aromatic rings. The van der Waals surface area contributed by atoms with Gasteiger partial charge in [-0.3, -0.25) is 9.78 Å². The Labute approximate surface area is 211 Å². The lowest BCUT2D eigenvalue weighted by molar-refractivity contribution is 0.0867. The first kappa shape index (κ1) is 24.2. The van der Waals surface area contributed by atoms with Crippen molar-refractivity contribution in [1.29, 1.82) is 0 Å². The first-order chi connectivity index (χ1) is 17.3. The number of carbonyl (C=O) groups is 1. The summed E-state index contributed by atoms with van der Waals surface area (Å²) >= 11 is 0. The summed E-state index contributed by atoms with van der Waals surface area (Å²) in [4.78, 5) is 23.1. The SMILES string of the molecule is Cc1cc(-c2[nH]c3ccc(-c4nnc(C(=O)NC5CCN(C(C)C)CC5)o4)cc3c2C(C)C)ccn1. The second kappa shape index (κ2) is 9.85. The number of fused-ring (bicyclic) bond motifs is 1. The van der Waals surface area contributed by atoms with Gasteiger partial charge in [0, 0.05) is 59.1 Å². The average molecular weight is 487 g/mol. The number of aromatic nitrogens is 4. The summed E-state index contributed by atoms with van der Waals surface area (Å²) in [5.41, 5.74) is 6.23. The maximum Gasteiger partial charge on any atom is 0.309 e. The summed E-state index contributed by atoms with van der Waals surface area (Å²) < 4.78 is 5.83. The summed E-state index contributed by atoms with van der Waals surface area (Å²) in [6.07, 6.45) is 3.68. The molecule has 1 saturated heterocycles. The van der Waals surface area contributed by atoms with Crippen LogP contribution in [0.4, 0.5) is 0 Å². The molecule has 36 heavy (non-hydrogen) atoms. The molecule has 0 bridgehead atoms. The molecule has 8 heteroatoms. The van der Waals surface area contributed by atoms with Crippen LogP contribution < -0.4 is 5.32 Å². The predicted octanol–water partition coefficient (Wildman–Crippen LogP) is 5.31. The van der Waals surface area contributed by atoms with Gasteiger partial charge in [-0.2, -0.15) is 0 Å². The Bertz CT molecular complexity index is 1380. The van der Waals surface area contributed by atoms with Gasteiger partial charge < -0.3 is 19.6 Å². The number of hydrogen-bond donors (Lipinski definition) is 2. The normalized spacial score (nSPS) is 15.3. The number of rotatable bonds is 6. The number of nitrogens with zero attached hydrogens (tertiary/aromatic N) is 4. The quantitative estimate of drug-likeness (QED) is 0.383. The Morgan fingerprint density at radius 1 is 1.08 bits per heavy atom. The lowest BCUT2D eigenvalue weighted by Gasteiger charge is -2.34. The number of hydrogen-bond acceptors (Lipinski definition) is 6. The molecule has 1 fully saturated rings. The molecule has 8 nitrogen and oxygen atoms in total. The summed E-state index contributed by atoms with van der Waals surface area (Å²) in [7, 11) is 0. The molecule has 1 aromatic carbocycles. The van der Waals surface area contributed by atoms with Crippen molar-refractivity contribution in [1.82, 2.24) is 30.4 Å². The molecular weight excluding hydrogens is 452 g/mol. The van der Waals surface area contributed by atoms with Crippen molar-refractivity contribution in [2.24, 2.45) is 0 Å². The smallest absolute Gasteiger partial charge is 0.309 e. The number of piperidine rings is 1. The van der Waals surface area contributed by atoms with Gasteiger partial charge >= 0.3 is 11.8 Å². The molecule has 1 aliphatic rings. The highest BCUT2D eigenvalue weighted by Gasteiger charge is 2.25. The van der Waals surface area contributed by atoms with E-state index in [1.165, 1.54) is 5.56 Å². The molecule has 0 spiro atoms. The lowest BCUT2D eigenvalue weighted by Crippen LogP contribution is -2.46. The number of benzene rings is 1. The van der Waals surface area contributed by atoms with Crippen LogP contribution in [0.5, 0.6) is 0 Å². The second-order valence-electron chi connectivity index (χ2n) is 10.3. The highest BCUT2D eigenvalue weighted by Crippen LogP contribution is 2.37. The van der Waals surface area contributed by atoms with Crippen molar-refractivity contribution >= 4 is 16.8 Å². The van der Waals surface area contributed by atoms with Crippen molar-refractivity contribution in [2.75, 3.05) is 13.1 Å². The van der Waals surface area contributed by atoms with Gasteiger partial charge in [0.15, 0.2) is 0 Å². The van der Waals surface area contributed by atoms with Gasteiger partial charge in [0.2, 0.25) is 5.89 Å². The van der Waals surface area contributed by atoms with Crippen molar-refractivity contribution in [3.8, 4) is 22.7 Å². The van der Waals surface area contributed by atoms with E-state index in [2.05, 4.69) is 70.2 Å². The van der Waals surface area contributed by atoms with Gasteiger partial charge in [-0.15, -0.1) is 10.2 Å². The molecule has 0 atom stereocenters. The molecule has 0 saturated carbocycles. The first-order valence-electron chi connectivity index (χ1n) is 12.8. The van der Waals surface area contributed by atoms with Gasteiger partial charge in [-0.25, -0.2) is 0 Å². The number of aromatic amines is 1. The van der Waals surface area contributed by atoms with E-state index in [9.17, 15) is 4.79 Å². The Hall–Kier alpha value is -3.52. The molecule has 4 heterocycles. The summed E-state index contributed by atoms with van der Waals surface area (Å²) in [5.74, 6) is 0.331. The maximum atomic E-state index is 12.8. The van der Waals surface area contributed by atoms with Gasteiger partial charge in [0.05, 0.1) is 5.69 Å². The Morgan fingerprint density at radius 3 is 2.56 bits per heavy atom. The predicted molar refractivity (Wildman–Crippen MR) is 141 cm³/mol. The van der Waals surface area contributed by atoms with Crippen LogP contribution in [0.15, 0.2) is 40.9 Å². The van der Waals surface area contributed by atoms with E-state index in [1.54, 1.807) is 0 Å². The molecule has 0 radical (unpaired) electrons. The van der Waals surface area contributed by atoms with Crippen molar-refractivity contribution in [3.05, 3.63) is 53.7 Å². The minimum absolute atomic E-state index is 0.00230. The first-order valence-corrected chi connectivity index (χ1v) is 12.8. The van der Waals surface area contributed by atoms with E-state index in [-0.39, 0.29) is 17.8 Å². The number of pyridine rings is 1. The standard InChI is InChI=1S/C28H34N6O2/c1-16(2)24-22-15-20(6-7-23(22)31-25(24)19-8-11-29-18(5)14-19)27-32-33-28(36-27)26(35)30-21-9-12-34(13-10-21)17(3)4/h6-8,11,14-17,21,31H,9-10,12-13H2,1-5H3,(H,30,35). The summed E-state index contributed by atoms with van der Waals surface area (Å²) in [6, 6.07) is 10.8. The van der Waals surface area contributed by atoms with E-state index in [0.29, 0.717) is 17.9 Å². The second-order valence-corrected chi connectivity index (χ2v) is 10.3. The molecule has 2 N–H and O–H groups in total. The molecule has 188 valence electrons. The van der Waals surface area contributed by atoms with E-state index in [4.69, 9.17) is 4.42 Å². The van der Waals surface area contributed by atoms with Gasteiger partial charge in [0.1, 0.15) is 0 Å². The molecule has 5 rings (SSSR count). The summed E-state index contributed by atoms with van der Waals surface area (Å²) in [5, 5.41) is 12.4. The fourth-order valence-electron chi connectivity index (χ4n) is 5.11. The third-order valence-corrected chi connectivity index (χ3v) is 7.06. The summed E-state index contributed by atoms with van der Waals surface area (Å²) in [6.45, 7) is 12.7. The van der Waals surface area contributed by atoms with E-state index < -0.39 is 0 Å². The number of nitrogens with one attached hydrogen (secondary N) is 2. The van der Waals surface area contributed by atoms with E-state index >= 15 is 0 Å². The molecule has 3 aromatic heterocycles. The Balaban J connectivity index is 1.38. The molecular formula is C28H34N6O2. The fourth-order valence-corrected chi connectivity index (χ4v) is 5.11. The minimum Gasteiger partial charge on any atom is -0.412 e. The highest BCUT2D eigenvalue weighted by molar-refractivity contribution is 5.94.